The number of pyridine rings is 1. The lowest BCUT2D eigenvalue weighted by Crippen LogP contribution is -2.39. The highest BCUT2D eigenvalue weighted by atomic mass is 32.1. The van der Waals surface area contributed by atoms with Gasteiger partial charge in [0.15, 0.2) is 0 Å². The molecule has 35 heavy (non-hydrogen) atoms. The van der Waals surface area contributed by atoms with Crippen LogP contribution in [-0.2, 0) is 30.5 Å². The molecule has 2 aromatic carbocycles. The van der Waals surface area contributed by atoms with Gasteiger partial charge in [0, 0.05) is 28.4 Å². The van der Waals surface area contributed by atoms with E-state index in [0.29, 0.717) is 13.1 Å². The van der Waals surface area contributed by atoms with E-state index < -0.39 is 5.60 Å². The average molecular weight is 487 g/mol. The molecule has 5 nitrogen and oxygen atoms in total. The number of rotatable bonds is 4. The zero-order valence-electron chi connectivity index (χ0n) is 20.4. The van der Waals surface area contributed by atoms with Crippen molar-refractivity contribution in [3.05, 3.63) is 98.8 Å². The molecule has 0 bridgehead atoms. The molecule has 0 spiro atoms. The van der Waals surface area contributed by atoms with Crippen molar-refractivity contribution in [2.75, 3.05) is 6.54 Å². The molecule has 0 radical (unpaired) electrons. The molecule has 0 aliphatic carbocycles. The van der Waals surface area contributed by atoms with E-state index in [0.717, 1.165) is 35.2 Å². The number of fused-ring (bicyclic) bond motifs is 3. The van der Waals surface area contributed by atoms with Crippen molar-refractivity contribution in [1.82, 2.24) is 9.47 Å². The molecule has 2 aromatic heterocycles. The third-order valence-corrected chi connectivity index (χ3v) is 7.46. The highest BCUT2D eigenvalue weighted by Gasteiger charge is 2.28. The van der Waals surface area contributed by atoms with Crippen LogP contribution in [0.25, 0.3) is 15.8 Å². The van der Waals surface area contributed by atoms with Gasteiger partial charge in [-0.25, -0.2) is 4.79 Å². The summed E-state index contributed by atoms with van der Waals surface area (Å²) in [6.07, 6.45) is 4.17. The first-order chi connectivity index (χ1) is 16.8. The molecule has 0 atom stereocenters. The van der Waals surface area contributed by atoms with Gasteiger partial charge in [-0.3, -0.25) is 9.36 Å². The Balaban J connectivity index is 1.35. The largest absolute Gasteiger partial charge is 0.444 e. The van der Waals surface area contributed by atoms with Crippen molar-refractivity contribution in [3.8, 4) is 5.69 Å². The van der Waals surface area contributed by atoms with Crippen molar-refractivity contribution >= 4 is 27.5 Å². The molecule has 0 saturated heterocycles. The summed E-state index contributed by atoms with van der Waals surface area (Å²) in [5, 5.41) is 1.21. The molecular weight excluding hydrogens is 456 g/mol. The zero-order valence-corrected chi connectivity index (χ0v) is 21.2. The summed E-state index contributed by atoms with van der Waals surface area (Å²) in [5.41, 5.74) is 3.96. The Hall–Kier alpha value is -3.38. The predicted molar refractivity (Wildman–Crippen MR) is 142 cm³/mol. The molecule has 0 N–H and O–H groups in total. The van der Waals surface area contributed by atoms with Crippen LogP contribution in [-0.4, -0.2) is 27.7 Å². The maximum atomic E-state index is 12.9. The molecule has 3 heterocycles. The minimum atomic E-state index is -0.503. The van der Waals surface area contributed by atoms with Gasteiger partial charge in [-0.1, -0.05) is 36.4 Å². The number of amides is 1. The molecule has 1 amide bonds. The van der Waals surface area contributed by atoms with Crippen LogP contribution in [0.15, 0.2) is 71.7 Å². The maximum absolute atomic E-state index is 12.9. The Labute approximate surface area is 209 Å². The lowest BCUT2D eigenvalue weighted by molar-refractivity contribution is 0.0227. The van der Waals surface area contributed by atoms with Crippen molar-refractivity contribution in [1.29, 1.82) is 0 Å². The SMILES string of the molecule is CC(C)(C)OC(=O)N1CCc2c(sc3cc(-n4ccc(CCc5ccccc5)cc4=O)ccc23)C1. The quantitative estimate of drug-likeness (QED) is 0.349. The van der Waals surface area contributed by atoms with E-state index in [1.807, 2.05) is 57.3 Å². The summed E-state index contributed by atoms with van der Waals surface area (Å²) >= 11 is 1.70. The summed E-state index contributed by atoms with van der Waals surface area (Å²) in [6.45, 7) is 6.88. The van der Waals surface area contributed by atoms with Crippen molar-refractivity contribution < 1.29 is 9.53 Å². The number of aromatic nitrogens is 1. The number of aryl methyl sites for hydroxylation is 2. The van der Waals surface area contributed by atoms with Gasteiger partial charge < -0.3 is 9.64 Å². The van der Waals surface area contributed by atoms with E-state index >= 15 is 0 Å². The van der Waals surface area contributed by atoms with Gasteiger partial charge in [-0.15, -0.1) is 11.3 Å². The van der Waals surface area contributed by atoms with Crippen LogP contribution in [0.4, 0.5) is 4.79 Å². The number of thiophene rings is 1. The number of carbonyl (C=O) groups excluding carboxylic acids is 1. The first-order valence-electron chi connectivity index (χ1n) is 12.0. The third-order valence-electron chi connectivity index (χ3n) is 6.29. The van der Waals surface area contributed by atoms with Crippen LogP contribution in [0.2, 0.25) is 0 Å². The Morgan fingerprint density at radius 2 is 1.77 bits per heavy atom. The number of benzene rings is 2. The maximum Gasteiger partial charge on any atom is 0.410 e. The van der Waals surface area contributed by atoms with E-state index in [4.69, 9.17) is 4.74 Å². The first-order valence-corrected chi connectivity index (χ1v) is 12.9. The van der Waals surface area contributed by atoms with Gasteiger partial charge in [-0.2, -0.15) is 0 Å². The molecule has 0 unspecified atom stereocenters. The number of hydrogen-bond acceptors (Lipinski definition) is 4. The van der Waals surface area contributed by atoms with Gasteiger partial charge in [0.25, 0.3) is 5.56 Å². The number of hydrogen-bond donors (Lipinski definition) is 0. The van der Waals surface area contributed by atoms with Gasteiger partial charge >= 0.3 is 6.09 Å². The van der Waals surface area contributed by atoms with Gasteiger partial charge in [0.05, 0.1) is 12.2 Å². The molecule has 5 rings (SSSR count). The summed E-state index contributed by atoms with van der Waals surface area (Å²) < 4.78 is 8.41. The second-order valence-electron chi connectivity index (χ2n) is 10.1. The fourth-order valence-electron chi connectivity index (χ4n) is 4.54. The average Bonchev–Trinajstić information content (AvgIpc) is 3.19. The van der Waals surface area contributed by atoms with E-state index in [2.05, 4.69) is 24.3 Å². The lowest BCUT2D eigenvalue weighted by atomic mass is 10.0. The van der Waals surface area contributed by atoms with Crippen LogP contribution >= 0.6 is 11.3 Å². The fraction of sp³-hybridized carbons (Fsp3) is 0.310. The molecule has 6 heteroatoms. The highest BCUT2D eigenvalue weighted by Crippen LogP contribution is 2.36. The molecule has 1 aliphatic rings. The van der Waals surface area contributed by atoms with E-state index in [1.54, 1.807) is 26.9 Å². The number of nitrogens with zero attached hydrogens (tertiary/aromatic N) is 2. The van der Waals surface area contributed by atoms with Gasteiger partial charge in [0.1, 0.15) is 5.60 Å². The normalized spacial score (nSPS) is 13.6. The Morgan fingerprint density at radius 1 is 1.00 bits per heavy atom. The second-order valence-corrected chi connectivity index (χ2v) is 11.2. The summed E-state index contributed by atoms with van der Waals surface area (Å²) in [5.74, 6) is 0. The standard InChI is InChI=1S/C29H30N2O3S/c1-29(2,3)34-28(33)30-15-14-24-23-12-11-22(18-25(23)35-26(24)19-30)31-16-13-21(17-27(31)32)10-9-20-7-5-4-6-8-20/h4-8,11-13,16-18H,9-10,14-15,19H2,1-3H3. The summed E-state index contributed by atoms with van der Waals surface area (Å²) in [6, 6.07) is 20.3. The minimum absolute atomic E-state index is 0.0210. The van der Waals surface area contributed by atoms with E-state index in [-0.39, 0.29) is 11.7 Å². The monoisotopic (exact) mass is 486 g/mol. The predicted octanol–water partition coefficient (Wildman–Crippen LogP) is 6.13. The highest BCUT2D eigenvalue weighted by molar-refractivity contribution is 7.19. The lowest BCUT2D eigenvalue weighted by Gasteiger charge is -2.30. The molecule has 0 saturated carbocycles. The van der Waals surface area contributed by atoms with Gasteiger partial charge in [0.2, 0.25) is 0 Å². The van der Waals surface area contributed by atoms with Crippen LogP contribution < -0.4 is 5.56 Å². The molecule has 0 fully saturated rings. The van der Waals surface area contributed by atoms with E-state index in [1.165, 1.54) is 21.4 Å². The summed E-state index contributed by atoms with van der Waals surface area (Å²) in [7, 11) is 0. The second kappa shape index (κ2) is 9.34. The topological polar surface area (TPSA) is 51.5 Å². The zero-order chi connectivity index (χ0) is 24.6. The van der Waals surface area contributed by atoms with Crippen LogP contribution in [0, 0.1) is 0 Å². The molecular formula is C29H30N2O3S. The summed E-state index contributed by atoms with van der Waals surface area (Å²) in [4.78, 5) is 28.4. The molecule has 4 aromatic rings. The number of ether oxygens (including phenoxy) is 1. The van der Waals surface area contributed by atoms with E-state index in [9.17, 15) is 9.59 Å². The Morgan fingerprint density at radius 3 is 2.51 bits per heavy atom. The fourth-order valence-corrected chi connectivity index (χ4v) is 5.85. The molecule has 1 aliphatic heterocycles. The molecule has 180 valence electrons. The smallest absolute Gasteiger partial charge is 0.410 e. The number of carbonyl (C=O) groups is 1. The minimum Gasteiger partial charge on any atom is -0.444 e. The van der Waals surface area contributed by atoms with Crippen molar-refractivity contribution in [3.63, 3.8) is 0 Å². The van der Waals surface area contributed by atoms with Crippen LogP contribution in [0.5, 0.6) is 0 Å². The Bertz CT molecular complexity index is 1430. The van der Waals surface area contributed by atoms with Crippen molar-refractivity contribution in [2.24, 2.45) is 0 Å². The van der Waals surface area contributed by atoms with Crippen LogP contribution in [0.3, 0.4) is 0 Å². The van der Waals surface area contributed by atoms with Crippen molar-refractivity contribution in [2.45, 2.75) is 52.2 Å². The first kappa shape index (κ1) is 23.4. The Kier molecular flexibility index (Phi) is 6.24. The third kappa shape index (κ3) is 5.17. The van der Waals surface area contributed by atoms with Gasteiger partial charge in [-0.05, 0) is 80.3 Å². The van der Waals surface area contributed by atoms with Crippen LogP contribution in [0.1, 0.15) is 42.3 Å².